The lowest BCUT2D eigenvalue weighted by Crippen LogP contribution is -2.20. The third-order valence-electron chi connectivity index (χ3n) is 3.97. The van der Waals surface area contributed by atoms with Crippen molar-refractivity contribution in [3.05, 3.63) is 23.8 Å². The van der Waals surface area contributed by atoms with Gasteiger partial charge in [0.15, 0.2) is 0 Å². The van der Waals surface area contributed by atoms with Gasteiger partial charge in [0.05, 0.1) is 12.6 Å². The minimum atomic E-state index is 0.487. The fraction of sp³-hybridized carbons (Fsp3) is 0.600. The van der Waals surface area contributed by atoms with Crippen molar-refractivity contribution in [1.29, 1.82) is 0 Å². The van der Waals surface area contributed by atoms with E-state index in [2.05, 4.69) is 35.3 Å². The first-order valence-corrected chi connectivity index (χ1v) is 7.03. The summed E-state index contributed by atoms with van der Waals surface area (Å²) in [6.07, 6.45) is 3.78. The van der Waals surface area contributed by atoms with Gasteiger partial charge in [0.2, 0.25) is 0 Å². The van der Waals surface area contributed by atoms with Crippen molar-refractivity contribution in [2.75, 3.05) is 36.5 Å². The first-order chi connectivity index (χ1) is 8.83. The topological polar surface area (TPSA) is 24.5 Å². The number of nitrogens with one attached hydrogen (secondary N) is 1. The van der Waals surface area contributed by atoms with Crippen LogP contribution in [0.4, 0.5) is 11.4 Å². The van der Waals surface area contributed by atoms with E-state index in [-0.39, 0.29) is 0 Å². The molecule has 0 aliphatic carbocycles. The molecule has 0 aromatic heterocycles. The molecule has 1 atom stereocenters. The van der Waals surface area contributed by atoms with Crippen LogP contribution < -0.4 is 10.2 Å². The Bertz CT molecular complexity index is 407. The molecule has 2 heterocycles. The molecule has 0 amide bonds. The summed E-state index contributed by atoms with van der Waals surface area (Å²) in [4.78, 5) is 2.48. The van der Waals surface area contributed by atoms with E-state index in [9.17, 15) is 0 Å². The van der Waals surface area contributed by atoms with Crippen molar-refractivity contribution in [3.8, 4) is 0 Å². The third-order valence-corrected chi connectivity index (χ3v) is 3.97. The molecule has 2 saturated heterocycles. The largest absolute Gasteiger partial charge is 0.380 e. The highest BCUT2D eigenvalue weighted by atomic mass is 16.5. The predicted octanol–water partition coefficient (Wildman–Crippen LogP) is 2.80. The molecule has 1 unspecified atom stereocenters. The SMILES string of the molecule is Cc1cc(N2CCCC2)ccc1NC1CCOC1. The second-order valence-corrected chi connectivity index (χ2v) is 5.40. The van der Waals surface area contributed by atoms with E-state index in [1.807, 2.05) is 0 Å². The maximum Gasteiger partial charge on any atom is 0.0668 e. The maximum absolute atomic E-state index is 5.40. The molecule has 3 nitrogen and oxygen atoms in total. The molecule has 2 fully saturated rings. The second kappa shape index (κ2) is 5.19. The van der Waals surface area contributed by atoms with Gasteiger partial charge in [0, 0.05) is 31.1 Å². The highest BCUT2D eigenvalue weighted by Crippen LogP contribution is 2.26. The van der Waals surface area contributed by atoms with Crippen LogP contribution >= 0.6 is 0 Å². The minimum Gasteiger partial charge on any atom is -0.380 e. The molecular formula is C15H22N2O. The van der Waals surface area contributed by atoms with Gasteiger partial charge in [0.1, 0.15) is 0 Å². The molecule has 1 aromatic rings. The number of hydrogen-bond acceptors (Lipinski definition) is 3. The summed E-state index contributed by atoms with van der Waals surface area (Å²) in [7, 11) is 0. The Morgan fingerprint density at radius 3 is 2.78 bits per heavy atom. The quantitative estimate of drug-likeness (QED) is 0.887. The van der Waals surface area contributed by atoms with Crippen molar-refractivity contribution >= 4 is 11.4 Å². The van der Waals surface area contributed by atoms with Gasteiger partial charge < -0.3 is 15.0 Å². The standard InChI is InChI=1S/C15H22N2O/c1-12-10-14(17-7-2-3-8-17)4-5-15(12)16-13-6-9-18-11-13/h4-5,10,13,16H,2-3,6-9,11H2,1H3. The lowest BCUT2D eigenvalue weighted by Gasteiger charge is -2.20. The van der Waals surface area contributed by atoms with Crippen molar-refractivity contribution in [2.24, 2.45) is 0 Å². The van der Waals surface area contributed by atoms with Crippen LogP contribution in [-0.2, 0) is 4.74 Å². The molecule has 3 heteroatoms. The molecule has 2 aliphatic heterocycles. The Labute approximate surface area is 109 Å². The smallest absolute Gasteiger partial charge is 0.0668 e. The average Bonchev–Trinajstić information content (AvgIpc) is 3.04. The van der Waals surface area contributed by atoms with Crippen LogP contribution in [0, 0.1) is 6.92 Å². The highest BCUT2D eigenvalue weighted by Gasteiger charge is 2.17. The molecule has 3 rings (SSSR count). The van der Waals surface area contributed by atoms with E-state index in [0.717, 1.165) is 19.6 Å². The van der Waals surface area contributed by atoms with Crippen molar-refractivity contribution in [3.63, 3.8) is 0 Å². The Balaban J connectivity index is 1.71. The monoisotopic (exact) mass is 246 g/mol. The van der Waals surface area contributed by atoms with E-state index < -0.39 is 0 Å². The van der Waals surface area contributed by atoms with E-state index in [0.29, 0.717) is 6.04 Å². The van der Waals surface area contributed by atoms with E-state index in [1.165, 1.54) is 42.9 Å². The zero-order valence-electron chi connectivity index (χ0n) is 11.1. The molecule has 18 heavy (non-hydrogen) atoms. The molecule has 1 N–H and O–H groups in total. The first kappa shape index (κ1) is 11.8. The summed E-state index contributed by atoms with van der Waals surface area (Å²) in [6, 6.07) is 7.27. The van der Waals surface area contributed by atoms with Crippen LogP contribution in [0.15, 0.2) is 18.2 Å². The van der Waals surface area contributed by atoms with E-state index in [4.69, 9.17) is 4.74 Å². The number of anilines is 2. The van der Waals surface area contributed by atoms with Gasteiger partial charge in [-0.3, -0.25) is 0 Å². The summed E-state index contributed by atoms with van der Waals surface area (Å²) >= 11 is 0. The van der Waals surface area contributed by atoms with Crippen LogP contribution in [0.25, 0.3) is 0 Å². The van der Waals surface area contributed by atoms with Crippen molar-refractivity contribution in [2.45, 2.75) is 32.2 Å². The fourth-order valence-electron chi connectivity index (χ4n) is 2.85. The second-order valence-electron chi connectivity index (χ2n) is 5.40. The lowest BCUT2D eigenvalue weighted by molar-refractivity contribution is 0.195. The Morgan fingerprint density at radius 1 is 1.28 bits per heavy atom. The normalized spacial score (nSPS) is 23.6. The number of ether oxygens (including phenoxy) is 1. The van der Waals surface area contributed by atoms with Gasteiger partial charge in [-0.2, -0.15) is 0 Å². The molecular weight excluding hydrogens is 224 g/mol. The Hall–Kier alpha value is -1.22. The van der Waals surface area contributed by atoms with E-state index >= 15 is 0 Å². The summed E-state index contributed by atoms with van der Waals surface area (Å²) in [5.74, 6) is 0. The number of rotatable bonds is 3. The van der Waals surface area contributed by atoms with Crippen LogP contribution in [0.3, 0.4) is 0 Å². The molecule has 0 saturated carbocycles. The summed E-state index contributed by atoms with van der Waals surface area (Å²) in [6.45, 7) is 6.35. The van der Waals surface area contributed by atoms with Gasteiger partial charge in [0.25, 0.3) is 0 Å². The molecule has 0 bridgehead atoms. The Kier molecular flexibility index (Phi) is 3.41. The zero-order chi connectivity index (χ0) is 12.4. The summed E-state index contributed by atoms with van der Waals surface area (Å²) in [5.41, 5.74) is 3.97. The number of nitrogens with zero attached hydrogens (tertiary/aromatic N) is 1. The van der Waals surface area contributed by atoms with Gasteiger partial charge in [-0.1, -0.05) is 0 Å². The van der Waals surface area contributed by atoms with Gasteiger partial charge in [-0.15, -0.1) is 0 Å². The van der Waals surface area contributed by atoms with E-state index in [1.54, 1.807) is 0 Å². The lowest BCUT2D eigenvalue weighted by atomic mass is 10.1. The third kappa shape index (κ3) is 2.46. The highest BCUT2D eigenvalue weighted by molar-refractivity contribution is 5.61. The van der Waals surface area contributed by atoms with Crippen molar-refractivity contribution in [1.82, 2.24) is 0 Å². The fourth-order valence-corrected chi connectivity index (χ4v) is 2.85. The zero-order valence-corrected chi connectivity index (χ0v) is 11.1. The number of hydrogen-bond donors (Lipinski definition) is 1. The van der Waals surface area contributed by atoms with Gasteiger partial charge >= 0.3 is 0 Å². The number of benzene rings is 1. The molecule has 98 valence electrons. The Morgan fingerprint density at radius 2 is 2.11 bits per heavy atom. The maximum atomic E-state index is 5.40. The number of aryl methyl sites for hydroxylation is 1. The molecule has 2 aliphatic rings. The predicted molar refractivity (Wildman–Crippen MR) is 75.5 cm³/mol. The van der Waals surface area contributed by atoms with Crippen LogP contribution in [0.5, 0.6) is 0 Å². The summed E-state index contributed by atoms with van der Waals surface area (Å²) in [5, 5.41) is 3.58. The van der Waals surface area contributed by atoms with Crippen LogP contribution in [0.2, 0.25) is 0 Å². The molecule has 1 aromatic carbocycles. The molecule has 0 spiro atoms. The van der Waals surface area contributed by atoms with Crippen molar-refractivity contribution < 1.29 is 4.74 Å². The van der Waals surface area contributed by atoms with Crippen LogP contribution in [0.1, 0.15) is 24.8 Å². The molecule has 0 radical (unpaired) electrons. The van der Waals surface area contributed by atoms with Gasteiger partial charge in [-0.05, 0) is 49.9 Å². The van der Waals surface area contributed by atoms with Crippen LogP contribution in [-0.4, -0.2) is 32.3 Å². The summed E-state index contributed by atoms with van der Waals surface area (Å²) < 4.78 is 5.40. The van der Waals surface area contributed by atoms with Gasteiger partial charge in [-0.25, -0.2) is 0 Å². The average molecular weight is 246 g/mol. The first-order valence-electron chi connectivity index (χ1n) is 7.03. The minimum absolute atomic E-state index is 0.487.